The molecule has 0 saturated carbocycles. The van der Waals surface area contributed by atoms with Crippen molar-refractivity contribution in [3.05, 3.63) is 71.8 Å². The summed E-state index contributed by atoms with van der Waals surface area (Å²) in [6.07, 6.45) is 2.28. The predicted octanol–water partition coefficient (Wildman–Crippen LogP) is 2.68. The summed E-state index contributed by atoms with van der Waals surface area (Å²) in [5, 5.41) is 0. The van der Waals surface area contributed by atoms with E-state index in [1.165, 1.54) is 7.11 Å². The van der Waals surface area contributed by atoms with Gasteiger partial charge in [-0.15, -0.1) is 0 Å². The number of methoxy groups -OCH3 is 2. The van der Waals surface area contributed by atoms with Gasteiger partial charge in [0.2, 0.25) is 0 Å². The minimum atomic E-state index is -1.03. The first-order chi connectivity index (χ1) is 13.4. The van der Waals surface area contributed by atoms with Crippen LogP contribution in [0.4, 0.5) is 0 Å². The maximum atomic E-state index is 12.3. The Hall–Kier alpha value is -3.32. The number of hydrogen-bond acceptors (Lipinski definition) is 7. The van der Waals surface area contributed by atoms with E-state index in [1.54, 1.807) is 32.2 Å². The van der Waals surface area contributed by atoms with E-state index in [-0.39, 0.29) is 0 Å². The number of rotatable bonds is 8. The molecule has 0 aliphatic heterocycles. The van der Waals surface area contributed by atoms with Crippen LogP contribution in [0.3, 0.4) is 0 Å². The molecule has 0 saturated heterocycles. The van der Waals surface area contributed by atoms with E-state index in [1.807, 2.05) is 30.3 Å². The Balaban J connectivity index is 2.39. The molecule has 0 bridgehead atoms. The van der Waals surface area contributed by atoms with Gasteiger partial charge in [0.25, 0.3) is 0 Å². The third-order valence-corrected chi connectivity index (χ3v) is 4.18. The predicted molar refractivity (Wildman–Crippen MR) is 103 cm³/mol. The summed E-state index contributed by atoms with van der Waals surface area (Å²) in [6.45, 7) is 1.79. The van der Waals surface area contributed by atoms with E-state index in [2.05, 4.69) is 4.84 Å². The lowest BCUT2D eigenvalue weighted by atomic mass is 9.88. The van der Waals surface area contributed by atoms with Crippen LogP contribution < -0.4 is 15.4 Å². The van der Waals surface area contributed by atoms with Gasteiger partial charge in [-0.1, -0.05) is 36.4 Å². The molecule has 2 N–H and O–H groups in total. The van der Waals surface area contributed by atoms with Crippen LogP contribution >= 0.6 is 0 Å². The number of carbonyl (C=O) groups is 2. The van der Waals surface area contributed by atoms with Crippen molar-refractivity contribution in [3.63, 3.8) is 0 Å². The van der Waals surface area contributed by atoms with Gasteiger partial charge in [-0.3, -0.25) is 0 Å². The maximum Gasteiger partial charge on any atom is 0.349 e. The molecule has 0 amide bonds. The van der Waals surface area contributed by atoms with Gasteiger partial charge in [-0.2, -0.15) is 5.90 Å². The van der Waals surface area contributed by atoms with Crippen molar-refractivity contribution in [3.8, 4) is 11.5 Å². The second-order valence-electron chi connectivity index (χ2n) is 6.15. The van der Waals surface area contributed by atoms with Gasteiger partial charge in [0.05, 0.1) is 14.2 Å². The second kappa shape index (κ2) is 9.57. The summed E-state index contributed by atoms with van der Waals surface area (Å²) in [5.74, 6) is 4.27. The van der Waals surface area contributed by atoms with Crippen molar-refractivity contribution in [1.29, 1.82) is 0 Å². The Bertz CT molecular complexity index is 849. The van der Waals surface area contributed by atoms with Crippen LogP contribution in [0.1, 0.15) is 18.1 Å². The van der Waals surface area contributed by atoms with E-state index in [4.69, 9.17) is 20.1 Å². The van der Waals surface area contributed by atoms with Crippen molar-refractivity contribution < 1.29 is 28.6 Å². The molecule has 148 valence electrons. The van der Waals surface area contributed by atoms with E-state index in [0.29, 0.717) is 23.5 Å². The van der Waals surface area contributed by atoms with Gasteiger partial charge < -0.3 is 19.0 Å². The molecular weight excluding hydrogens is 362 g/mol. The topological polar surface area (TPSA) is 97.1 Å². The Morgan fingerprint density at radius 1 is 0.964 bits per heavy atom. The van der Waals surface area contributed by atoms with Crippen molar-refractivity contribution in [2.75, 3.05) is 14.2 Å². The molecule has 0 aliphatic rings. The lowest BCUT2D eigenvalue weighted by molar-refractivity contribution is -0.153. The lowest BCUT2D eigenvalue weighted by Crippen LogP contribution is -2.31. The molecule has 2 aromatic rings. The first-order valence-corrected chi connectivity index (χ1v) is 8.50. The highest BCUT2D eigenvalue weighted by atomic mass is 16.7. The Morgan fingerprint density at radius 2 is 1.61 bits per heavy atom. The number of hydrogen-bond donors (Lipinski definition) is 1. The Morgan fingerprint density at radius 3 is 2.21 bits per heavy atom. The van der Waals surface area contributed by atoms with Crippen molar-refractivity contribution in [1.82, 2.24) is 0 Å². The first-order valence-electron chi connectivity index (χ1n) is 8.50. The highest BCUT2D eigenvalue weighted by Gasteiger charge is 2.32. The quantitative estimate of drug-likeness (QED) is 0.424. The standard InChI is InChI=1S/C21H23NO6/c1-21(14-15-7-5-4-6-8-15,27-19(23)11-12-20(24)28-22)16-9-10-17(25-2)18(13-16)26-3/h4-13H,14,22H2,1-3H3/b12-11+. The average molecular weight is 385 g/mol. The third-order valence-electron chi connectivity index (χ3n) is 4.18. The molecule has 2 aromatic carbocycles. The molecule has 7 heteroatoms. The number of esters is 1. The van der Waals surface area contributed by atoms with Gasteiger partial charge in [0, 0.05) is 18.6 Å². The van der Waals surface area contributed by atoms with Gasteiger partial charge in [-0.05, 0) is 30.2 Å². The van der Waals surface area contributed by atoms with Crippen LogP contribution in [0, 0.1) is 0 Å². The maximum absolute atomic E-state index is 12.3. The zero-order valence-corrected chi connectivity index (χ0v) is 16.0. The summed E-state index contributed by atoms with van der Waals surface area (Å²) in [5.41, 5.74) is 0.643. The van der Waals surface area contributed by atoms with Crippen LogP contribution in [0.25, 0.3) is 0 Å². The van der Waals surface area contributed by atoms with Gasteiger partial charge in [0.15, 0.2) is 11.5 Å². The number of ether oxygens (including phenoxy) is 3. The van der Waals surface area contributed by atoms with Gasteiger partial charge in [0.1, 0.15) is 5.60 Å². The molecule has 0 aliphatic carbocycles. The fourth-order valence-corrected chi connectivity index (χ4v) is 2.78. The number of nitrogens with two attached hydrogens (primary N) is 1. The summed E-state index contributed by atoms with van der Waals surface area (Å²) >= 11 is 0. The molecule has 0 heterocycles. The monoisotopic (exact) mass is 385 g/mol. The number of carbonyl (C=O) groups excluding carboxylic acids is 2. The summed E-state index contributed by atoms with van der Waals surface area (Å²) in [4.78, 5) is 27.4. The minimum Gasteiger partial charge on any atom is -0.493 e. The SMILES string of the molecule is COc1ccc(C(C)(Cc2ccccc2)OC(=O)/C=C/C(=O)ON)cc1OC. The largest absolute Gasteiger partial charge is 0.493 e. The molecule has 1 unspecified atom stereocenters. The van der Waals surface area contributed by atoms with E-state index >= 15 is 0 Å². The molecule has 0 fully saturated rings. The summed E-state index contributed by atoms with van der Waals surface area (Å²) in [6, 6.07) is 14.9. The number of benzene rings is 2. The van der Waals surface area contributed by atoms with Crippen molar-refractivity contribution in [2.45, 2.75) is 18.9 Å². The molecule has 1 atom stereocenters. The summed E-state index contributed by atoms with van der Waals surface area (Å²) < 4.78 is 16.4. The van der Waals surface area contributed by atoms with Crippen LogP contribution in [0.2, 0.25) is 0 Å². The van der Waals surface area contributed by atoms with Crippen LogP contribution in [-0.2, 0) is 31.2 Å². The van der Waals surface area contributed by atoms with Crippen LogP contribution in [0.5, 0.6) is 11.5 Å². The molecule has 2 rings (SSSR count). The van der Waals surface area contributed by atoms with E-state index in [0.717, 1.165) is 17.7 Å². The van der Waals surface area contributed by atoms with Gasteiger partial charge >= 0.3 is 11.9 Å². The van der Waals surface area contributed by atoms with E-state index in [9.17, 15) is 9.59 Å². The smallest absolute Gasteiger partial charge is 0.349 e. The average Bonchev–Trinajstić information content (AvgIpc) is 2.71. The fraction of sp³-hybridized carbons (Fsp3) is 0.238. The van der Waals surface area contributed by atoms with Gasteiger partial charge in [-0.25, -0.2) is 9.59 Å². The second-order valence-corrected chi connectivity index (χ2v) is 6.15. The third kappa shape index (κ3) is 5.34. The molecule has 7 nitrogen and oxygen atoms in total. The van der Waals surface area contributed by atoms with Crippen molar-refractivity contribution >= 4 is 11.9 Å². The lowest BCUT2D eigenvalue weighted by Gasteiger charge is -2.30. The normalized spacial score (nSPS) is 12.9. The summed E-state index contributed by atoms with van der Waals surface area (Å²) in [7, 11) is 3.07. The van der Waals surface area contributed by atoms with Crippen molar-refractivity contribution in [2.24, 2.45) is 5.90 Å². The minimum absolute atomic E-state index is 0.407. The van der Waals surface area contributed by atoms with Crippen LogP contribution in [0.15, 0.2) is 60.7 Å². The molecule has 0 radical (unpaired) electrons. The zero-order chi connectivity index (χ0) is 20.6. The Kier molecular flexibility index (Phi) is 7.17. The van der Waals surface area contributed by atoms with E-state index < -0.39 is 17.5 Å². The molecule has 0 spiro atoms. The first kappa shape index (κ1) is 21.0. The fourth-order valence-electron chi connectivity index (χ4n) is 2.78. The molecule has 28 heavy (non-hydrogen) atoms. The van der Waals surface area contributed by atoms with Crippen LogP contribution in [-0.4, -0.2) is 26.2 Å². The molecular formula is C21H23NO6. The highest BCUT2D eigenvalue weighted by Crippen LogP contribution is 2.36. The highest BCUT2D eigenvalue weighted by molar-refractivity contribution is 5.91. The molecule has 0 aromatic heterocycles. The zero-order valence-electron chi connectivity index (χ0n) is 16.0. The Labute approximate surface area is 163 Å².